The second-order valence-corrected chi connectivity index (χ2v) is 7.92. The highest BCUT2D eigenvalue weighted by Crippen LogP contribution is 2.43. The lowest BCUT2D eigenvalue weighted by Crippen LogP contribution is -2.41. The molecule has 1 N–H and O–H groups in total. The predicted octanol–water partition coefficient (Wildman–Crippen LogP) is 4.60. The average molecular weight is 454 g/mol. The minimum atomic E-state index is -1.94. The van der Waals surface area contributed by atoms with Gasteiger partial charge >= 0.3 is 0 Å². The molecule has 0 bridgehead atoms. The van der Waals surface area contributed by atoms with Crippen molar-refractivity contribution in [3.8, 4) is 0 Å². The van der Waals surface area contributed by atoms with Crippen molar-refractivity contribution < 1.29 is 19.1 Å². The van der Waals surface area contributed by atoms with Gasteiger partial charge in [0.15, 0.2) is 11.4 Å². The van der Waals surface area contributed by atoms with E-state index < -0.39 is 11.5 Å². The SMILES string of the molecule is O=C(C[C@]1(O)C(=O)N(Cc2ccc(F)cc2)c2ccccc21)c1ccc(Br)cc1. The number of carbonyl (C=O) groups excluding carboxylic acids is 2. The van der Waals surface area contributed by atoms with Crippen LogP contribution < -0.4 is 4.90 Å². The monoisotopic (exact) mass is 453 g/mol. The van der Waals surface area contributed by atoms with E-state index in [1.54, 1.807) is 60.7 Å². The minimum absolute atomic E-state index is 0.172. The molecule has 0 spiro atoms. The van der Waals surface area contributed by atoms with Gasteiger partial charge in [0.25, 0.3) is 5.91 Å². The molecule has 0 aromatic heterocycles. The average Bonchev–Trinajstić information content (AvgIpc) is 2.92. The van der Waals surface area contributed by atoms with Crippen LogP contribution in [0.25, 0.3) is 0 Å². The van der Waals surface area contributed by atoms with Crippen LogP contribution in [-0.4, -0.2) is 16.8 Å². The maximum absolute atomic E-state index is 13.2. The molecule has 0 unspecified atom stereocenters. The molecule has 1 aliphatic heterocycles. The zero-order chi connectivity index (χ0) is 20.6. The number of aliphatic hydroxyl groups is 1. The maximum atomic E-state index is 13.2. The Morgan fingerprint density at radius 1 is 1.00 bits per heavy atom. The first kappa shape index (κ1) is 19.5. The summed E-state index contributed by atoms with van der Waals surface area (Å²) < 4.78 is 14.0. The summed E-state index contributed by atoms with van der Waals surface area (Å²) >= 11 is 3.32. The Balaban J connectivity index is 1.66. The molecule has 0 aliphatic carbocycles. The van der Waals surface area contributed by atoms with E-state index in [4.69, 9.17) is 0 Å². The van der Waals surface area contributed by atoms with Crippen molar-refractivity contribution >= 4 is 33.3 Å². The molecule has 0 fully saturated rings. The van der Waals surface area contributed by atoms with E-state index in [2.05, 4.69) is 15.9 Å². The second-order valence-electron chi connectivity index (χ2n) is 7.00. The van der Waals surface area contributed by atoms with Crippen molar-refractivity contribution in [1.29, 1.82) is 0 Å². The van der Waals surface area contributed by atoms with Crippen LogP contribution in [0.4, 0.5) is 10.1 Å². The summed E-state index contributed by atoms with van der Waals surface area (Å²) in [4.78, 5) is 27.4. The fourth-order valence-corrected chi connectivity index (χ4v) is 3.84. The van der Waals surface area contributed by atoms with E-state index in [-0.39, 0.29) is 24.6 Å². The Morgan fingerprint density at radius 2 is 1.66 bits per heavy atom. The zero-order valence-corrected chi connectivity index (χ0v) is 16.9. The van der Waals surface area contributed by atoms with Crippen LogP contribution in [0.15, 0.2) is 77.3 Å². The first-order chi connectivity index (χ1) is 13.9. The van der Waals surface area contributed by atoms with Gasteiger partial charge in [-0.1, -0.05) is 58.4 Å². The third-order valence-corrected chi connectivity index (χ3v) is 5.60. The molecule has 0 saturated heterocycles. The topological polar surface area (TPSA) is 57.6 Å². The van der Waals surface area contributed by atoms with Crippen LogP contribution in [0, 0.1) is 5.82 Å². The van der Waals surface area contributed by atoms with E-state index in [1.165, 1.54) is 17.0 Å². The van der Waals surface area contributed by atoms with Gasteiger partial charge in [0, 0.05) is 15.6 Å². The number of anilines is 1. The number of hydrogen-bond donors (Lipinski definition) is 1. The van der Waals surface area contributed by atoms with Crippen molar-refractivity contribution in [3.63, 3.8) is 0 Å². The number of para-hydroxylation sites is 1. The quantitative estimate of drug-likeness (QED) is 0.574. The molecule has 0 saturated carbocycles. The molecule has 3 aromatic carbocycles. The Hall–Kier alpha value is -2.83. The molecule has 4 nitrogen and oxygen atoms in total. The summed E-state index contributed by atoms with van der Waals surface area (Å²) in [5.41, 5.74) is 0.147. The van der Waals surface area contributed by atoms with E-state index in [0.29, 0.717) is 16.8 Å². The van der Waals surface area contributed by atoms with Crippen LogP contribution in [-0.2, 0) is 16.9 Å². The molecule has 4 rings (SSSR count). The van der Waals surface area contributed by atoms with Gasteiger partial charge in [-0.25, -0.2) is 4.39 Å². The lowest BCUT2D eigenvalue weighted by Gasteiger charge is -2.23. The predicted molar refractivity (Wildman–Crippen MR) is 111 cm³/mol. The summed E-state index contributed by atoms with van der Waals surface area (Å²) in [5, 5.41) is 11.3. The highest BCUT2D eigenvalue weighted by molar-refractivity contribution is 9.10. The fourth-order valence-electron chi connectivity index (χ4n) is 3.58. The highest BCUT2D eigenvalue weighted by Gasteiger charge is 2.50. The van der Waals surface area contributed by atoms with Gasteiger partial charge in [0.05, 0.1) is 18.7 Å². The maximum Gasteiger partial charge on any atom is 0.264 e. The molecule has 1 amide bonds. The number of carbonyl (C=O) groups is 2. The van der Waals surface area contributed by atoms with Crippen LogP contribution in [0.1, 0.15) is 27.9 Å². The third kappa shape index (κ3) is 3.61. The smallest absolute Gasteiger partial charge is 0.264 e. The van der Waals surface area contributed by atoms with E-state index in [0.717, 1.165) is 10.0 Å². The lowest BCUT2D eigenvalue weighted by atomic mass is 9.88. The molecule has 1 atom stereocenters. The normalized spacial score (nSPS) is 18.0. The van der Waals surface area contributed by atoms with Crippen molar-refractivity contribution in [3.05, 3.63) is 99.8 Å². The van der Waals surface area contributed by atoms with Crippen LogP contribution in [0.2, 0.25) is 0 Å². The number of amides is 1. The van der Waals surface area contributed by atoms with Gasteiger partial charge in [0.2, 0.25) is 0 Å². The highest BCUT2D eigenvalue weighted by atomic mass is 79.9. The molecular weight excluding hydrogens is 437 g/mol. The van der Waals surface area contributed by atoms with Gasteiger partial charge < -0.3 is 10.0 Å². The van der Waals surface area contributed by atoms with E-state index in [1.807, 2.05) is 0 Å². The van der Waals surface area contributed by atoms with Crippen molar-refractivity contribution in [2.24, 2.45) is 0 Å². The Morgan fingerprint density at radius 3 is 2.34 bits per heavy atom. The van der Waals surface area contributed by atoms with Crippen LogP contribution >= 0.6 is 15.9 Å². The van der Waals surface area contributed by atoms with Gasteiger partial charge in [-0.15, -0.1) is 0 Å². The summed E-state index contributed by atoms with van der Waals surface area (Å²) in [6.45, 7) is 0.172. The number of fused-ring (bicyclic) bond motifs is 1. The van der Waals surface area contributed by atoms with Gasteiger partial charge in [0.1, 0.15) is 5.82 Å². The molecule has 1 heterocycles. The fraction of sp³-hybridized carbons (Fsp3) is 0.130. The number of hydrogen-bond acceptors (Lipinski definition) is 3. The largest absolute Gasteiger partial charge is 0.375 e. The van der Waals surface area contributed by atoms with Gasteiger partial charge in [-0.2, -0.15) is 0 Å². The molecule has 146 valence electrons. The number of halogens is 2. The number of Topliss-reactive ketones (excluding diaryl/α,β-unsaturated/α-hetero) is 1. The number of nitrogens with zero attached hydrogens (tertiary/aromatic N) is 1. The first-order valence-electron chi connectivity index (χ1n) is 9.05. The van der Waals surface area contributed by atoms with E-state index in [9.17, 15) is 19.1 Å². The lowest BCUT2D eigenvalue weighted by molar-refractivity contribution is -0.136. The second kappa shape index (κ2) is 7.54. The molecular formula is C23H17BrFNO3. The molecule has 29 heavy (non-hydrogen) atoms. The summed E-state index contributed by atoms with van der Waals surface area (Å²) in [6, 6.07) is 19.5. The van der Waals surface area contributed by atoms with Gasteiger partial charge in [-0.3, -0.25) is 9.59 Å². The van der Waals surface area contributed by atoms with E-state index >= 15 is 0 Å². The molecule has 0 radical (unpaired) electrons. The summed E-state index contributed by atoms with van der Waals surface area (Å²) in [7, 11) is 0. The Bertz CT molecular complexity index is 1080. The first-order valence-corrected chi connectivity index (χ1v) is 9.85. The third-order valence-electron chi connectivity index (χ3n) is 5.08. The molecule has 1 aliphatic rings. The van der Waals surface area contributed by atoms with Gasteiger partial charge in [-0.05, 0) is 35.9 Å². The van der Waals surface area contributed by atoms with Crippen molar-refractivity contribution in [1.82, 2.24) is 0 Å². The van der Waals surface area contributed by atoms with Crippen molar-refractivity contribution in [2.45, 2.75) is 18.6 Å². The minimum Gasteiger partial charge on any atom is -0.375 e. The summed E-state index contributed by atoms with van der Waals surface area (Å²) in [6.07, 6.45) is -0.357. The van der Waals surface area contributed by atoms with Crippen LogP contribution in [0.5, 0.6) is 0 Å². The Labute approximate surface area is 175 Å². The standard InChI is InChI=1S/C23H17BrFNO3/c24-17-9-7-16(8-10-17)21(27)13-23(29)19-3-1-2-4-20(19)26(22(23)28)14-15-5-11-18(25)12-6-15/h1-12,29H,13-14H2/t23-/m1/s1. The summed E-state index contributed by atoms with van der Waals surface area (Å²) in [5.74, 6) is -1.25. The number of benzene rings is 3. The molecule has 3 aromatic rings. The van der Waals surface area contributed by atoms with Crippen molar-refractivity contribution in [2.75, 3.05) is 4.90 Å². The molecule has 6 heteroatoms. The Kier molecular flexibility index (Phi) is 5.06. The van der Waals surface area contributed by atoms with Crippen LogP contribution in [0.3, 0.4) is 0 Å². The number of rotatable bonds is 5. The number of ketones is 1. The zero-order valence-electron chi connectivity index (χ0n) is 15.3.